The van der Waals surface area contributed by atoms with E-state index in [9.17, 15) is 4.79 Å². The fraction of sp³-hybridized carbons (Fsp3) is 0.611. The van der Waals surface area contributed by atoms with Crippen LogP contribution in [-0.2, 0) is 9.53 Å². The van der Waals surface area contributed by atoms with Crippen LogP contribution in [0.1, 0.15) is 0 Å². The minimum atomic E-state index is 0.209. The molecule has 0 spiro atoms. The van der Waals surface area contributed by atoms with E-state index in [1.165, 1.54) is 0 Å². The first-order valence-corrected chi connectivity index (χ1v) is 9.75. The van der Waals surface area contributed by atoms with Gasteiger partial charge in [0.25, 0.3) is 0 Å². The second-order valence-electron chi connectivity index (χ2n) is 6.53. The monoisotopic (exact) mass is 401 g/mol. The Hall–Kier alpha value is -1.05. The number of benzene rings is 1. The number of piperazine rings is 1. The summed E-state index contributed by atoms with van der Waals surface area (Å²) < 4.78 is 11.0. The van der Waals surface area contributed by atoms with Crippen molar-refractivity contribution in [2.75, 3.05) is 72.2 Å². The summed E-state index contributed by atoms with van der Waals surface area (Å²) in [6, 6.07) is 5.22. The molecule has 144 valence electrons. The molecule has 26 heavy (non-hydrogen) atoms. The van der Waals surface area contributed by atoms with Gasteiger partial charge in [0, 0.05) is 56.9 Å². The molecule has 0 unspecified atom stereocenters. The standard InChI is InChI=1S/C18H25Cl2N3O3/c19-15-1-2-16(20)17(13-15)26-12-7-21-3-5-22(6-4-21)14-18(24)23-8-10-25-11-9-23/h1-2,13H,3-12,14H2. The SMILES string of the molecule is O=C(CN1CCN(CCOc2cc(Cl)ccc2Cl)CC1)N1CCOCC1. The molecule has 3 rings (SSSR count). The van der Waals surface area contributed by atoms with Crippen LogP contribution in [0.5, 0.6) is 5.75 Å². The topological polar surface area (TPSA) is 45.2 Å². The number of morpholine rings is 1. The third-order valence-electron chi connectivity index (χ3n) is 4.75. The average Bonchev–Trinajstić information content (AvgIpc) is 2.66. The number of halogens is 2. The van der Waals surface area contributed by atoms with Crippen LogP contribution < -0.4 is 4.74 Å². The van der Waals surface area contributed by atoms with Crippen LogP contribution >= 0.6 is 23.2 Å². The van der Waals surface area contributed by atoms with Crippen LogP contribution in [-0.4, -0.2) is 92.8 Å². The Morgan fingerprint density at radius 2 is 1.73 bits per heavy atom. The van der Waals surface area contributed by atoms with E-state index in [1.807, 2.05) is 4.90 Å². The lowest BCUT2D eigenvalue weighted by Crippen LogP contribution is -2.52. The molecule has 6 nitrogen and oxygen atoms in total. The molecule has 1 aromatic rings. The van der Waals surface area contributed by atoms with Crippen molar-refractivity contribution >= 4 is 29.1 Å². The van der Waals surface area contributed by atoms with Crippen LogP contribution in [0.3, 0.4) is 0 Å². The number of hydrogen-bond donors (Lipinski definition) is 0. The molecule has 2 aliphatic rings. The lowest BCUT2D eigenvalue weighted by Gasteiger charge is -2.35. The van der Waals surface area contributed by atoms with Crippen LogP contribution in [0, 0.1) is 0 Å². The fourth-order valence-corrected chi connectivity index (χ4v) is 3.48. The van der Waals surface area contributed by atoms with E-state index in [-0.39, 0.29) is 5.91 Å². The van der Waals surface area contributed by atoms with Crippen molar-refractivity contribution in [2.24, 2.45) is 0 Å². The Morgan fingerprint density at radius 3 is 2.46 bits per heavy atom. The first-order chi connectivity index (χ1) is 12.6. The van der Waals surface area contributed by atoms with E-state index in [4.69, 9.17) is 32.7 Å². The molecule has 0 aromatic heterocycles. The predicted octanol–water partition coefficient (Wildman–Crippen LogP) is 1.85. The maximum atomic E-state index is 12.3. The molecule has 0 atom stereocenters. The summed E-state index contributed by atoms with van der Waals surface area (Å²) in [6.45, 7) is 8.27. The van der Waals surface area contributed by atoms with Gasteiger partial charge in [-0.05, 0) is 12.1 Å². The molecule has 0 aliphatic carbocycles. The molecule has 0 bridgehead atoms. The number of carbonyl (C=O) groups excluding carboxylic acids is 1. The van der Waals surface area contributed by atoms with E-state index in [2.05, 4.69) is 9.80 Å². The Kier molecular flexibility index (Phi) is 7.40. The highest BCUT2D eigenvalue weighted by Gasteiger charge is 2.22. The quantitative estimate of drug-likeness (QED) is 0.727. The van der Waals surface area contributed by atoms with Gasteiger partial charge in [-0.15, -0.1) is 0 Å². The summed E-state index contributed by atoms with van der Waals surface area (Å²) in [5.74, 6) is 0.828. The second kappa shape index (κ2) is 9.76. The van der Waals surface area contributed by atoms with Gasteiger partial charge in [0.2, 0.25) is 5.91 Å². The van der Waals surface area contributed by atoms with Gasteiger partial charge >= 0.3 is 0 Å². The maximum absolute atomic E-state index is 12.3. The lowest BCUT2D eigenvalue weighted by atomic mass is 10.3. The largest absolute Gasteiger partial charge is 0.491 e. The number of nitrogens with zero attached hydrogens (tertiary/aromatic N) is 3. The molecule has 1 amide bonds. The molecule has 0 radical (unpaired) electrons. The highest BCUT2D eigenvalue weighted by atomic mass is 35.5. The molecule has 1 aromatic carbocycles. The van der Waals surface area contributed by atoms with Gasteiger partial charge in [-0.25, -0.2) is 0 Å². The van der Waals surface area contributed by atoms with Crippen molar-refractivity contribution in [3.63, 3.8) is 0 Å². The molecular weight excluding hydrogens is 377 g/mol. The van der Waals surface area contributed by atoms with Gasteiger partial charge in [-0.2, -0.15) is 0 Å². The lowest BCUT2D eigenvalue weighted by molar-refractivity contribution is -0.136. The van der Waals surface area contributed by atoms with Gasteiger partial charge < -0.3 is 14.4 Å². The fourth-order valence-electron chi connectivity index (χ4n) is 3.15. The smallest absolute Gasteiger partial charge is 0.236 e. The van der Waals surface area contributed by atoms with Gasteiger partial charge in [0.15, 0.2) is 0 Å². The van der Waals surface area contributed by atoms with E-state index in [0.717, 1.165) is 32.7 Å². The summed E-state index contributed by atoms with van der Waals surface area (Å²) in [5.41, 5.74) is 0. The highest BCUT2D eigenvalue weighted by Crippen LogP contribution is 2.27. The number of hydrogen-bond acceptors (Lipinski definition) is 5. The maximum Gasteiger partial charge on any atom is 0.236 e. The molecular formula is C18H25Cl2N3O3. The average molecular weight is 402 g/mol. The zero-order valence-electron chi connectivity index (χ0n) is 14.8. The second-order valence-corrected chi connectivity index (χ2v) is 7.38. The van der Waals surface area contributed by atoms with Crippen molar-refractivity contribution in [1.82, 2.24) is 14.7 Å². The molecule has 2 fully saturated rings. The summed E-state index contributed by atoms with van der Waals surface area (Å²) in [5, 5.41) is 1.18. The van der Waals surface area contributed by atoms with Crippen molar-refractivity contribution in [3.8, 4) is 5.75 Å². The van der Waals surface area contributed by atoms with Crippen LogP contribution in [0.15, 0.2) is 18.2 Å². The Balaban J connectivity index is 1.34. The van der Waals surface area contributed by atoms with E-state index in [1.54, 1.807) is 18.2 Å². The van der Waals surface area contributed by atoms with Gasteiger partial charge in [0.1, 0.15) is 12.4 Å². The van der Waals surface area contributed by atoms with Gasteiger partial charge in [0.05, 0.1) is 24.8 Å². The minimum absolute atomic E-state index is 0.209. The van der Waals surface area contributed by atoms with Crippen LogP contribution in [0.2, 0.25) is 10.0 Å². The molecule has 8 heteroatoms. The van der Waals surface area contributed by atoms with E-state index >= 15 is 0 Å². The van der Waals surface area contributed by atoms with Crippen LogP contribution in [0.4, 0.5) is 0 Å². The Morgan fingerprint density at radius 1 is 1.04 bits per heavy atom. The highest BCUT2D eigenvalue weighted by molar-refractivity contribution is 6.34. The molecule has 0 N–H and O–H groups in total. The summed E-state index contributed by atoms with van der Waals surface area (Å²) in [4.78, 5) is 18.8. The zero-order chi connectivity index (χ0) is 18.4. The van der Waals surface area contributed by atoms with Crippen molar-refractivity contribution in [1.29, 1.82) is 0 Å². The number of carbonyl (C=O) groups is 1. The van der Waals surface area contributed by atoms with E-state index in [0.29, 0.717) is 55.2 Å². The van der Waals surface area contributed by atoms with Crippen molar-refractivity contribution in [2.45, 2.75) is 0 Å². The summed E-state index contributed by atoms with van der Waals surface area (Å²) >= 11 is 12.1. The molecule has 2 saturated heterocycles. The molecule has 0 saturated carbocycles. The Labute approximate surface area is 164 Å². The third kappa shape index (κ3) is 5.72. The van der Waals surface area contributed by atoms with Crippen molar-refractivity contribution < 1.29 is 14.3 Å². The number of rotatable bonds is 6. The minimum Gasteiger partial charge on any atom is -0.491 e. The normalized spacial score (nSPS) is 19.5. The first kappa shape index (κ1) is 19.7. The van der Waals surface area contributed by atoms with Crippen molar-refractivity contribution in [3.05, 3.63) is 28.2 Å². The predicted molar refractivity (Wildman–Crippen MR) is 102 cm³/mol. The summed E-state index contributed by atoms with van der Waals surface area (Å²) in [7, 11) is 0. The molecule has 2 heterocycles. The van der Waals surface area contributed by atoms with E-state index < -0.39 is 0 Å². The zero-order valence-corrected chi connectivity index (χ0v) is 16.3. The number of amides is 1. The van der Waals surface area contributed by atoms with Gasteiger partial charge in [-0.3, -0.25) is 14.6 Å². The summed E-state index contributed by atoms with van der Waals surface area (Å²) in [6.07, 6.45) is 0. The van der Waals surface area contributed by atoms with Gasteiger partial charge in [-0.1, -0.05) is 23.2 Å². The Bertz CT molecular complexity index is 603. The first-order valence-electron chi connectivity index (χ1n) is 9.00. The third-order valence-corrected chi connectivity index (χ3v) is 5.29. The van der Waals surface area contributed by atoms with Crippen LogP contribution in [0.25, 0.3) is 0 Å². The molecule has 2 aliphatic heterocycles. The number of ether oxygens (including phenoxy) is 2.